The van der Waals surface area contributed by atoms with Gasteiger partial charge in [0.15, 0.2) is 5.43 Å². The summed E-state index contributed by atoms with van der Waals surface area (Å²) in [5, 5.41) is 2.86. The van der Waals surface area contributed by atoms with E-state index in [-0.39, 0.29) is 29.0 Å². The first-order valence-electron chi connectivity index (χ1n) is 6.33. The number of nitrogens with two attached hydrogens (primary N) is 1. The third-order valence-electron chi connectivity index (χ3n) is 3.44. The Morgan fingerprint density at radius 3 is 2.83 bits per heavy atom. The van der Waals surface area contributed by atoms with Gasteiger partial charge < -0.3 is 16.0 Å². The van der Waals surface area contributed by atoms with Gasteiger partial charge in [-0.3, -0.25) is 9.59 Å². The van der Waals surface area contributed by atoms with Crippen LogP contribution in [-0.2, 0) is 0 Å². The number of carbonyl (C=O) groups excluding carboxylic acids is 1. The van der Waals surface area contributed by atoms with Crippen molar-refractivity contribution in [1.29, 1.82) is 0 Å². The standard InChI is InChI=1S/C13H19N3O2/c1-8-6-12(17)9(7-15-8)13(18)16-11-5-3-2-4-10(11)14/h6-7,10-11H,2-5,14H2,1H3,(H,15,17)(H,16,18). The average Bonchev–Trinajstić information content (AvgIpc) is 2.32. The molecule has 0 spiro atoms. The van der Waals surface area contributed by atoms with Gasteiger partial charge in [-0.1, -0.05) is 12.8 Å². The number of H-pyrrole nitrogens is 1. The van der Waals surface area contributed by atoms with E-state index in [4.69, 9.17) is 5.73 Å². The van der Waals surface area contributed by atoms with E-state index < -0.39 is 0 Å². The number of aromatic amines is 1. The van der Waals surface area contributed by atoms with Crippen molar-refractivity contribution in [3.05, 3.63) is 33.7 Å². The minimum Gasteiger partial charge on any atom is -0.364 e. The lowest BCUT2D eigenvalue weighted by Crippen LogP contribution is -2.50. The number of nitrogens with one attached hydrogen (secondary N) is 2. The normalized spacial score (nSPS) is 23.7. The SMILES string of the molecule is Cc1cc(=O)c(C(=O)NC2CCCCC2N)c[nH]1. The van der Waals surface area contributed by atoms with Gasteiger partial charge >= 0.3 is 0 Å². The zero-order valence-corrected chi connectivity index (χ0v) is 10.5. The molecule has 1 amide bonds. The zero-order chi connectivity index (χ0) is 13.1. The largest absolute Gasteiger partial charge is 0.364 e. The van der Waals surface area contributed by atoms with Gasteiger partial charge in [-0.2, -0.15) is 0 Å². The molecule has 0 bridgehead atoms. The summed E-state index contributed by atoms with van der Waals surface area (Å²) in [4.78, 5) is 26.6. The van der Waals surface area contributed by atoms with Crippen molar-refractivity contribution in [3.8, 4) is 0 Å². The van der Waals surface area contributed by atoms with Crippen molar-refractivity contribution < 1.29 is 4.79 Å². The highest BCUT2D eigenvalue weighted by atomic mass is 16.2. The van der Waals surface area contributed by atoms with Crippen LogP contribution in [0.2, 0.25) is 0 Å². The highest BCUT2D eigenvalue weighted by molar-refractivity contribution is 5.94. The Hall–Kier alpha value is -1.62. The van der Waals surface area contributed by atoms with Crippen molar-refractivity contribution in [1.82, 2.24) is 10.3 Å². The van der Waals surface area contributed by atoms with Crippen molar-refractivity contribution >= 4 is 5.91 Å². The Morgan fingerprint density at radius 1 is 1.44 bits per heavy atom. The summed E-state index contributed by atoms with van der Waals surface area (Å²) >= 11 is 0. The van der Waals surface area contributed by atoms with Gasteiger partial charge in [-0.05, 0) is 19.8 Å². The number of aromatic nitrogens is 1. The van der Waals surface area contributed by atoms with Crippen molar-refractivity contribution in [2.45, 2.75) is 44.7 Å². The van der Waals surface area contributed by atoms with E-state index in [0.29, 0.717) is 0 Å². The molecule has 5 nitrogen and oxygen atoms in total. The fraction of sp³-hybridized carbons (Fsp3) is 0.538. The summed E-state index contributed by atoms with van der Waals surface area (Å²) in [6, 6.07) is 1.40. The maximum atomic E-state index is 12.0. The molecule has 0 aromatic carbocycles. The van der Waals surface area contributed by atoms with Crippen molar-refractivity contribution in [2.75, 3.05) is 0 Å². The Balaban J connectivity index is 2.09. The van der Waals surface area contributed by atoms with Crippen molar-refractivity contribution in [2.24, 2.45) is 5.73 Å². The minimum atomic E-state index is -0.335. The molecule has 98 valence electrons. The fourth-order valence-electron chi connectivity index (χ4n) is 2.34. The van der Waals surface area contributed by atoms with Crippen LogP contribution in [-0.4, -0.2) is 23.0 Å². The lowest BCUT2D eigenvalue weighted by Gasteiger charge is -2.29. The molecule has 18 heavy (non-hydrogen) atoms. The van der Waals surface area contributed by atoms with E-state index in [1.807, 2.05) is 0 Å². The zero-order valence-electron chi connectivity index (χ0n) is 10.5. The van der Waals surface area contributed by atoms with Crippen LogP contribution in [0.15, 0.2) is 17.1 Å². The van der Waals surface area contributed by atoms with Gasteiger partial charge in [0.1, 0.15) is 5.56 Å². The van der Waals surface area contributed by atoms with E-state index in [0.717, 1.165) is 31.4 Å². The summed E-state index contributed by atoms with van der Waals surface area (Å²) in [5.41, 5.74) is 6.60. The summed E-state index contributed by atoms with van der Waals surface area (Å²) < 4.78 is 0. The molecule has 1 aromatic heterocycles. The molecule has 0 radical (unpaired) electrons. The summed E-state index contributed by atoms with van der Waals surface area (Å²) in [6.07, 6.45) is 5.45. The smallest absolute Gasteiger partial charge is 0.257 e. The molecule has 1 fully saturated rings. The number of carbonyl (C=O) groups is 1. The van der Waals surface area contributed by atoms with E-state index in [1.54, 1.807) is 6.92 Å². The van der Waals surface area contributed by atoms with Gasteiger partial charge in [0.05, 0.1) is 0 Å². The van der Waals surface area contributed by atoms with Gasteiger partial charge in [0, 0.05) is 30.0 Å². The van der Waals surface area contributed by atoms with Crippen molar-refractivity contribution in [3.63, 3.8) is 0 Å². The van der Waals surface area contributed by atoms with Gasteiger partial charge in [-0.25, -0.2) is 0 Å². The molecule has 5 heteroatoms. The van der Waals surface area contributed by atoms with Gasteiger partial charge in [0.25, 0.3) is 5.91 Å². The highest BCUT2D eigenvalue weighted by Crippen LogP contribution is 2.17. The molecule has 2 rings (SSSR count). The number of hydrogen-bond acceptors (Lipinski definition) is 3. The highest BCUT2D eigenvalue weighted by Gasteiger charge is 2.24. The van der Waals surface area contributed by atoms with E-state index in [2.05, 4.69) is 10.3 Å². The fourth-order valence-corrected chi connectivity index (χ4v) is 2.34. The molecule has 2 atom stereocenters. The van der Waals surface area contributed by atoms with Crippen LogP contribution in [0.1, 0.15) is 41.7 Å². The van der Waals surface area contributed by atoms with Gasteiger partial charge in [-0.15, -0.1) is 0 Å². The summed E-state index contributed by atoms with van der Waals surface area (Å²) in [6.45, 7) is 1.78. The number of hydrogen-bond donors (Lipinski definition) is 3. The first-order chi connectivity index (χ1) is 8.58. The first-order valence-corrected chi connectivity index (χ1v) is 6.33. The third-order valence-corrected chi connectivity index (χ3v) is 3.44. The molecule has 4 N–H and O–H groups in total. The predicted molar refractivity (Wildman–Crippen MR) is 69.5 cm³/mol. The maximum absolute atomic E-state index is 12.0. The van der Waals surface area contributed by atoms with Crippen LogP contribution in [0.5, 0.6) is 0 Å². The van der Waals surface area contributed by atoms with Crippen LogP contribution >= 0.6 is 0 Å². The Kier molecular flexibility index (Phi) is 3.81. The molecule has 0 aliphatic heterocycles. The van der Waals surface area contributed by atoms with Crippen LogP contribution in [0.3, 0.4) is 0 Å². The molecule has 1 heterocycles. The summed E-state index contributed by atoms with van der Waals surface area (Å²) in [7, 11) is 0. The Morgan fingerprint density at radius 2 is 2.17 bits per heavy atom. The van der Waals surface area contributed by atoms with Crippen LogP contribution in [0.25, 0.3) is 0 Å². The topological polar surface area (TPSA) is 88.0 Å². The molecule has 2 unspecified atom stereocenters. The van der Waals surface area contributed by atoms with Crippen LogP contribution in [0.4, 0.5) is 0 Å². The molecule has 1 saturated carbocycles. The van der Waals surface area contributed by atoms with Crippen LogP contribution in [0, 0.1) is 6.92 Å². The van der Waals surface area contributed by atoms with Gasteiger partial charge in [0.2, 0.25) is 0 Å². The quantitative estimate of drug-likeness (QED) is 0.720. The monoisotopic (exact) mass is 249 g/mol. The molecule has 1 aliphatic carbocycles. The second kappa shape index (κ2) is 5.35. The van der Waals surface area contributed by atoms with E-state index >= 15 is 0 Å². The number of rotatable bonds is 2. The molecule has 0 saturated heterocycles. The molecule has 1 aromatic rings. The average molecular weight is 249 g/mol. The van der Waals surface area contributed by atoms with Crippen LogP contribution < -0.4 is 16.5 Å². The second-order valence-electron chi connectivity index (χ2n) is 4.92. The summed E-state index contributed by atoms with van der Waals surface area (Å²) in [5.74, 6) is -0.335. The number of aryl methyl sites for hydroxylation is 1. The predicted octanol–water partition coefficient (Wildman–Crippen LogP) is 0.683. The minimum absolute atomic E-state index is 0.00719. The van der Waals surface area contributed by atoms with E-state index in [1.165, 1.54) is 12.3 Å². The molecular weight excluding hydrogens is 230 g/mol. The Bertz CT molecular complexity index is 495. The maximum Gasteiger partial charge on any atom is 0.257 e. The molecule has 1 aliphatic rings. The molecular formula is C13H19N3O2. The Labute approximate surface area is 106 Å². The second-order valence-corrected chi connectivity index (χ2v) is 4.92. The van der Waals surface area contributed by atoms with E-state index in [9.17, 15) is 9.59 Å². The number of amides is 1. The number of pyridine rings is 1. The first kappa shape index (κ1) is 12.8. The lowest BCUT2D eigenvalue weighted by molar-refractivity contribution is 0.0920. The third kappa shape index (κ3) is 2.79. The lowest BCUT2D eigenvalue weighted by atomic mass is 9.91.